The van der Waals surface area contributed by atoms with Crippen LogP contribution in [0.2, 0.25) is 0 Å². The monoisotopic (exact) mass is 269 g/mol. The Labute approximate surface area is 117 Å². The lowest BCUT2D eigenvalue weighted by atomic mass is 9.96. The van der Waals surface area contributed by atoms with Crippen molar-refractivity contribution in [3.05, 3.63) is 71.3 Å². The third-order valence-electron chi connectivity index (χ3n) is 3.61. The number of hydrogen-bond acceptors (Lipinski definition) is 2. The van der Waals surface area contributed by atoms with Gasteiger partial charge in [-0.1, -0.05) is 12.1 Å². The SMILES string of the molecule is CNC(c1cc(F)ccc1C)c1cnn2ccccc12. The van der Waals surface area contributed by atoms with Crippen LogP contribution in [0, 0.1) is 12.7 Å². The molecule has 0 aliphatic rings. The molecule has 3 rings (SSSR count). The number of hydrogen-bond donors (Lipinski definition) is 1. The summed E-state index contributed by atoms with van der Waals surface area (Å²) in [6.07, 6.45) is 3.74. The van der Waals surface area contributed by atoms with Gasteiger partial charge in [-0.2, -0.15) is 5.10 Å². The van der Waals surface area contributed by atoms with E-state index in [4.69, 9.17) is 0 Å². The molecule has 0 aliphatic heterocycles. The van der Waals surface area contributed by atoms with E-state index < -0.39 is 0 Å². The summed E-state index contributed by atoms with van der Waals surface area (Å²) in [5, 5.41) is 7.61. The molecule has 2 heterocycles. The topological polar surface area (TPSA) is 29.3 Å². The van der Waals surface area contributed by atoms with Gasteiger partial charge >= 0.3 is 0 Å². The molecule has 0 saturated heterocycles. The lowest BCUT2D eigenvalue weighted by molar-refractivity contribution is 0.615. The molecule has 0 saturated carbocycles. The zero-order valence-corrected chi connectivity index (χ0v) is 11.5. The van der Waals surface area contributed by atoms with Crippen LogP contribution in [0.25, 0.3) is 5.52 Å². The number of pyridine rings is 1. The fraction of sp³-hybridized carbons (Fsp3) is 0.188. The maximum atomic E-state index is 13.6. The van der Waals surface area contributed by atoms with Crippen LogP contribution in [-0.2, 0) is 0 Å². The third-order valence-corrected chi connectivity index (χ3v) is 3.61. The Morgan fingerprint density at radius 3 is 2.85 bits per heavy atom. The summed E-state index contributed by atoms with van der Waals surface area (Å²) in [4.78, 5) is 0. The van der Waals surface area contributed by atoms with Gasteiger partial charge in [-0.25, -0.2) is 8.91 Å². The van der Waals surface area contributed by atoms with Crippen LogP contribution in [0.4, 0.5) is 4.39 Å². The first-order chi connectivity index (χ1) is 9.70. The Hall–Kier alpha value is -2.20. The number of benzene rings is 1. The summed E-state index contributed by atoms with van der Waals surface area (Å²) in [6.45, 7) is 1.99. The standard InChI is InChI=1S/C16H16FN3/c1-11-6-7-12(17)9-13(11)16(18-2)14-10-19-20-8-4-3-5-15(14)20/h3-10,16,18H,1-2H3. The van der Waals surface area contributed by atoms with Crippen LogP contribution in [-0.4, -0.2) is 16.7 Å². The van der Waals surface area contributed by atoms with Gasteiger partial charge in [0.2, 0.25) is 0 Å². The molecule has 1 unspecified atom stereocenters. The number of fused-ring (bicyclic) bond motifs is 1. The number of aromatic nitrogens is 2. The molecule has 0 amide bonds. The van der Waals surface area contributed by atoms with Crippen molar-refractivity contribution in [3.8, 4) is 0 Å². The summed E-state index contributed by atoms with van der Waals surface area (Å²) < 4.78 is 15.4. The Morgan fingerprint density at radius 1 is 1.20 bits per heavy atom. The number of nitrogens with zero attached hydrogens (tertiary/aromatic N) is 2. The van der Waals surface area contributed by atoms with E-state index in [1.807, 2.05) is 49.1 Å². The molecule has 2 aromatic heterocycles. The average molecular weight is 269 g/mol. The summed E-state index contributed by atoms with van der Waals surface area (Å²) in [5.74, 6) is -0.220. The quantitative estimate of drug-likeness (QED) is 0.791. The number of rotatable bonds is 3. The molecule has 0 radical (unpaired) electrons. The van der Waals surface area contributed by atoms with Gasteiger partial charge in [0.25, 0.3) is 0 Å². The van der Waals surface area contributed by atoms with E-state index in [2.05, 4.69) is 10.4 Å². The van der Waals surface area contributed by atoms with Crippen molar-refractivity contribution in [2.75, 3.05) is 7.05 Å². The smallest absolute Gasteiger partial charge is 0.123 e. The first kappa shape index (κ1) is 12.8. The highest BCUT2D eigenvalue weighted by Crippen LogP contribution is 2.28. The lowest BCUT2D eigenvalue weighted by Gasteiger charge is -2.18. The van der Waals surface area contributed by atoms with E-state index in [1.165, 1.54) is 6.07 Å². The molecule has 20 heavy (non-hydrogen) atoms. The Bertz CT molecular complexity index is 748. The van der Waals surface area contributed by atoms with Crippen molar-refractivity contribution in [2.45, 2.75) is 13.0 Å². The zero-order valence-electron chi connectivity index (χ0n) is 11.5. The molecule has 1 aromatic carbocycles. The molecule has 3 aromatic rings. The summed E-state index contributed by atoms with van der Waals surface area (Å²) >= 11 is 0. The first-order valence-electron chi connectivity index (χ1n) is 6.56. The Balaban J connectivity index is 2.16. The fourth-order valence-electron chi connectivity index (χ4n) is 2.58. The minimum absolute atomic E-state index is 0.0781. The minimum atomic E-state index is -0.220. The number of nitrogens with one attached hydrogen (secondary N) is 1. The summed E-state index contributed by atoms with van der Waals surface area (Å²) in [7, 11) is 1.88. The van der Waals surface area contributed by atoms with Crippen molar-refractivity contribution >= 4 is 5.52 Å². The van der Waals surface area contributed by atoms with Crippen LogP contribution in [0.15, 0.2) is 48.8 Å². The second-order valence-electron chi connectivity index (χ2n) is 4.85. The van der Waals surface area contributed by atoms with E-state index in [0.29, 0.717) is 0 Å². The van der Waals surface area contributed by atoms with Crippen LogP contribution >= 0.6 is 0 Å². The second-order valence-corrected chi connectivity index (χ2v) is 4.85. The highest BCUT2D eigenvalue weighted by atomic mass is 19.1. The van der Waals surface area contributed by atoms with Crippen molar-refractivity contribution in [3.63, 3.8) is 0 Å². The molecule has 4 heteroatoms. The van der Waals surface area contributed by atoms with Crippen molar-refractivity contribution in [1.29, 1.82) is 0 Å². The van der Waals surface area contributed by atoms with Crippen LogP contribution in [0.3, 0.4) is 0 Å². The lowest BCUT2D eigenvalue weighted by Crippen LogP contribution is -2.18. The molecule has 1 N–H and O–H groups in total. The van der Waals surface area contributed by atoms with Crippen molar-refractivity contribution in [1.82, 2.24) is 14.9 Å². The maximum absolute atomic E-state index is 13.6. The van der Waals surface area contributed by atoms with E-state index >= 15 is 0 Å². The molecular formula is C16H16FN3. The Morgan fingerprint density at radius 2 is 2.05 bits per heavy atom. The molecule has 3 nitrogen and oxygen atoms in total. The predicted octanol–water partition coefficient (Wildman–Crippen LogP) is 3.09. The predicted molar refractivity (Wildman–Crippen MR) is 77.2 cm³/mol. The molecule has 0 bridgehead atoms. The molecule has 0 aliphatic carbocycles. The molecular weight excluding hydrogens is 253 g/mol. The molecule has 0 spiro atoms. The highest BCUT2D eigenvalue weighted by molar-refractivity contribution is 5.57. The van der Waals surface area contributed by atoms with E-state index in [-0.39, 0.29) is 11.9 Å². The highest BCUT2D eigenvalue weighted by Gasteiger charge is 2.18. The van der Waals surface area contributed by atoms with E-state index in [1.54, 1.807) is 12.1 Å². The van der Waals surface area contributed by atoms with E-state index in [0.717, 1.165) is 22.2 Å². The van der Waals surface area contributed by atoms with Gasteiger partial charge in [0.15, 0.2) is 0 Å². The van der Waals surface area contributed by atoms with Crippen molar-refractivity contribution in [2.24, 2.45) is 0 Å². The van der Waals surface area contributed by atoms with Gasteiger partial charge in [-0.05, 0) is 49.4 Å². The fourth-order valence-corrected chi connectivity index (χ4v) is 2.58. The third kappa shape index (κ3) is 2.08. The zero-order chi connectivity index (χ0) is 14.1. The largest absolute Gasteiger partial charge is 0.309 e. The van der Waals surface area contributed by atoms with Gasteiger partial charge in [-0.15, -0.1) is 0 Å². The number of aryl methyl sites for hydroxylation is 1. The second kappa shape index (κ2) is 5.06. The Kier molecular flexibility index (Phi) is 3.24. The maximum Gasteiger partial charge on any atom is 0.123 e. The van der Waals surface area contributed by atoms with Crippen LogP contribution < -0.4 is 5.32 Å². The van der Waals surface area contributed by atoms with Crippen molar-refractivity contribution < 1.29 is 4.39 Å². The van der Waals surface area contributed by atoms with E-state index in [9.17, 15) is 4.39 Å². The number of halogens is 1. The van der Waals surface area contributed by atoms with Crippen LogP contribution in [0.1, 0.15) is 22.7 Å². The van der Waals surface area contributed by atoms with Gasteiger partial charge in [0.05, 0.1) is 17.8 Å². The summed E-state index contributed by atoms with van der Waals surface area (Å²) in [6, 6.07) is 10.7. The first-order valence-corrected chi connectivity index (χ1v) is 6.56. The van der Waals surface area contributed by atoms with Gasteiger partial charge in [0, 0.05) is 11.8 Å². The average Bonchev–Trinajstić information content (AvgIpc) is 2.88. The van der Waals surface area contributed by atoms with Crippen LogP contribution in [0.5, 0.6) is 0 Å². The minimum Gasteiger partial charge on any atom is -0.309 e. The van der Waals surface area contributed by atoms with Gasteiger partial charge < -0.3 is 5.32 Å². The molecule has 102 valence electrons. The summed E-state index contributed by atoms with van der Waals surface area (Å²) in [5.41, 5.74) is 4.06. The van der Waals surface area contributed by atoms with Gasteiger partial charge in [-0.3, -0.25) is 0 Å². The molecule has 0 fully saturated rings. The van der Waals surface area contributed by atoms with Gasteiger partial charge in [0.1, 0.15) is 5.82 Å². The normalized spacial score (nSPS) is 12.8. The molecule has 1 atom stereocenters.